The van der Waals surface area contributed by atoms with Crippen LogP contribution in [0.4, 0.5) is 5.69 Å². The van der Waals surface area contributed by atoms with Gasteiger partial charge in [-0.2, -0.15) is 0 Å². The van der Waals surface area contributed by atoms with Gasteiger partial charge in [-0.25, -0.2) is 4.99 Å². The average Bonchev–Trinajstić information content (AvgIpc) is 3.39. The van der Waals surface area contributed by atoms with Crippen LogP contribution in [0.2, 0.25) is 0 Å². The monoisotopic (exact) mass is 449 g/mol. The number of hydrogen-bond donors (Lipinski definition) is 2. The quantitative estimate of drug-likeness (QED) is 0.472. The van der Waals surface area contributed by atoms with Gasteiger partial charge in [-0.05, 0) is 55.5 Å². The molecule has 2 N–H and O–H groups in total. The van der Waals surface area contributed by atoms with Crippen LogP contribution in [-0.2, 0) is 17.8 Å². The lowest BCUT2D eigenvalue weighted by Gasteiger charge is -2.26. The Balaban J connectivity index is 1.34. The number of aliphatic imine (C=N–C) groups is 1. The van der Waals surface area contributed by atoms with Gasteiger partial charge in [-0.15, -0.1) is 0 Å². The summed E-state index contributed by atoms with van der Waals surface area (Å²) in [5, 5.41) is 6.99. The van der Waals surface area contributed by atoms with Crippen molar-refractivity contribution in [2.75, 3.05) is 50.8 Å². The Bertz CT molecular complexity index is 886. The fourth-order valence-corrected chi connectivity index (χ4v) is 4.51. The van der Waals surface area contributed by atoms with Gasteiger partial charge in [0, 0.05) is 45.0 Å². The maximum atomic E-state index is 5.44. The Labute approximate surface area is 199 Å². The number of anilines is 1. The standard InChI is InChI=1S/C27H39N5O/c1-3-28-27(30-22(2)25-7-6-8-26(19-25)32-13-4-5-14-32)29-20-23-9-11-24(12-10-23)21-31-15-17-33-18-16-31/h6-12,19,22H,3-5,13-18,20-21H2,1-2H3,(H2,28,29,30). The SMILES string of the molecule is CCNC(=NCc1ccc(CN2CCOCC2)cc1)NC(C)c1cccc(N2CCCC2)c1. The Morgan fingerprint density at radius 3 is 2.45 bits per heavy atom. The zero-order valence-electron chi connectivity index (χ0n) is 20.2. The van der Waals surface area contributed by atoms with Crippen LogP contribution >= 0.6 is 0 Å². The number of hydrogen-bond acceptors (Lipinski definition) is 4. The molecule has 2 aliphatic rings. The fraction of sp³-hybridized carbons (Fsp3) is 0.519. The summed E-state index contributed by atoms with van der Waals surface area (Å²) < 4.78 is 5.44. The van der Waals surface area contributed by atoms with E-state index in [2.05, 4.69) is 82.8 Å². The number of nitrogens with one attached hydrogen (secondary N) is 2. The van der Waals surface area contributed by atoms with Gasteiger partial charge in [-0.1, -0.05) is 36.4 Å². The molecule has 2 aliphatic heterocycles. The Morgan fingerprint density at radius 1 is 1.00 bits per heavy atom. The molecule has 2 heterocycles. The number of nitrogens with zero attached hydrogens (tertiary/aromatic N) is 3. The van der Waals surface area contributed by atoms with Crippen molar-refractivity contribution < 1.29 is 4.74 Å². The van der Waals surface area contributed by atoms with Crippen LogP contribution in [0.1, 0.15) is 49.4 Å². The van der Waals surface area contributed by atoms with Crippen LogP contribution in [0.5, 0.6) is 0 Å². The van der Waals surface area contributed by atoms with Crippen LogP contribution in [0, 0.1) is 0 Å². The van der Waals surface area contributed by atoms with Crippen LogP contribution in [0.15, 0.2) is 53.5 Å². The van der Waals surface area contributed by atoms with E-state index in [4.69, 9.17) is 9.73 Å². The third kappa shape index (κ3) is 6.95. The van der Waals surface area contributed by atoms with E-state index in [9.17, 15) is 0 Å². The molecular formula is C27H39N5O. The van der Waals surface area contributed by atoms with Crippen molar-refractivity contribution in [2.24, 2.45) is 4.99 Å². The molecule has 0 bridgehead atoms. The topological polar surface area (TPSA) is 52.1 Å². The lowest BCUT2D eigenvalue weighted by molar-refractivity contribution is 0.0342. The lowest BCUT2D eigenvalue weighted by Crippen LogP contribution is -2.38. The molecule has 0 aromatic heterocycles. The largest absolute Gasteiger partial charge is 0.379 e. The molecule has 6 nitrogen and oxygen atoms in total. The molecule has 33 heavy (non-hydrogen) atoms. The number of ether oxygens (including phenoxy) is 1. The zero-order chi connectivity index (χ0) is 22.9. The van der Waals surface area contributed by atoms with Crippen LogP contribution in [0.3, 0.4) is 0 Å². The first-order valence-electron chi connectivity index (χ1n) is 12.5. The van der Waals surface area contributed by atoms with Gasteiger partial charge >= 0.3 is 0 Å². The smallest absolute Gasteiger partial charge is 0.192 e. The minimum absolute atomic E-state index is 0.182. The maximum absolute atomic E-state index is 5.44. The third-order valence-electron chi connectivity index (χ3n) is 6.49. The van der Waals surface area contributed by atoms with Crippen LogP contribution in [0.25, 0.3) is 0 Å². The summed E-state index contributed by atoms with van der Waals surface area (Å²) in [7, 11) is 0. The van der Waals surface area contributed by atoms with Gasteiger partial charge in [0.2, 0.25) is 0 Å². The zero-order valence-corrected chi connectivity index (χ0v) is 20.2. The molecule has 6 heteroatoms. The van der Waals surface area contributed by atoms with Gasteiger partial charge in [0.1, 0.15) is 0 Å². The van der Waals surface area contributed by atoms with Gasteiger partial charge in [0.25, 0.3) is 0 Å². The van der Waals surface area contributed by atoms with E-state index in [0.717, 1.165) is 45.4 Å². The molecule has 2 aromatic rings. The van der Waals surface area contributed by atoms with E-state index in [0.29, 0.717) is 6.54 Å². The Morgan fingerprint density at radius 2 is 1.73 bits per heavy atom. The van der Waals surface area contributed by atoms with Crippen molar-refractivity contribution in [3.8, 4) is 0 Å². The molecule has 0 saturated carbocycles. The highest BCUT2D eigenvalue weighted by molar-refractivity contribution is 5.80. The first-order chi connectivity index (χ1) is 16.2. The summed E-state index contributed by atoms with van der Waals surface area (Å²) in [6.45, 7) is 12.9. The van der Waals surface area contributed by atoms with E-state index < -0.39 is 0 Å². The van der Waals surface area contributed by atoms with E-state index >= 15 is 0 Å². The van der Waals surface area contributed by atoms with Crippen molar-refractivity contribution in [3.63, 3.8) is 0 Å². The Hall–Kier alpha value is -2.57. The average molecular weight is 450 g/mol. The van der Waals surface area contributed by atoms with Gasteiger partial charge < -0.3 is 20.3 Å². The minimum Gasteiger partial charge on any atom is -0.379 e. The van der Waals surface area contributed by atoms with Gasteiger partial charge in [0.15, 0.2) is 5.96 Å². The Kier molecular flexibility index (Phi) is 8.61. The van der Waals surface area contributed by atoms with Crippen LogP contribution < -0.4 is 15.5 Å². The summed E-state index contributed by atoms with van der Waals surface area (Å²) >= 11 is 0. The highest BCUT2D eigenvalue weighted by Gasteiger charge is 2.15. The lowest BCUT2D eigenvalue weighted by atomic mass is 10.1. The number of morpholine rings is 1. The third-order valence-corrected chi connectivity index (χ3v) is 6.49. The highest BCUT2D eigenvalue weighted by Crippen LogP contribution is 2.24. The van der Waals surface area contributed by atoms with Crippen molar-refractivity contribution in [2.45, 2.75) is 45.8 Å². The van der Waals surface area contributed by atoms with E-state index in [1.165, 1.54) is 48.3 Å². The summed E-state index contributed by atoms with van der Waals surface area (Å²) in [6, 6.07) is 18.0. The molecule has 1 unspecified atom stereocenters. The second-order valence-electron chi connectivity index (χ2n) is 9.06. The number of rotatable bonds is 8. The molecule has 1 atom stereocenters. The van der Waals surface area contributed by atoms with E-state index in [-0.39, 0.29) is 6.04 Å². The van der Waals surface area contributed by atoms with E-state index in [1.807, 2.05) is 0 Å². The second kappa shape index (κ2) is 12.1. The fourth-order valence-electron chi connectivity index (χ4n) is 4.51. The van der Waals surface area contributed by atoms with Crippen molar-refractivity contribution >= 4 is 11.6 Å². The predicted octanol–water partition coefficient (Wildman–Crippen LogP) is 3.94. The second-order valence-corrected chi connectivity index (χ2v) is 9.06. The summed E-state index contributed by atoms with van der Waals surface area (Å²) in [6.07, 6.45) is 2.59. The van der Waals surface area contributed by atoms with Crippen molar-refractivity contribution in [1.29, 1.82) is 0 Å². The maximum Gasteiger partial charge on any atom is 0.192 e. The molecule has 0 spiro atoms. The van der Waals surface area contributed by atoms with Gasteiger partial charge in [0.05, 0.1) is 25.8 Å². The molecule has 0 amide bonds. The summed E-state index contributed by atoms with van der Waals surface area (Å²) in [5.74, 6) is 0.856. The molecule has 0 aliphatic carbocycles. The van der Waals surface area contributed by atoms with Crippen LogP contribution in [-0.4, -0.2) is 56.8 Å². The normalized spacial score (nSPS) is 18.4. The molecule has 2 aromatic carbocycles. The van der Waals surface area contributed by atoms with Crippen molar-refractivity contribution in [1.82, 2.24) is 15.5 Å². The summed E-state index contributed by atoms with van der Waals surface area (Å²) in [5.41, 5.74) is 5.19. The first kappa shape index (κ1) is 23.6. The molecular weight excluding hydrogens is 410 g/mol. The minimum atomic E-state index is 0.182. The van der Waals surface area contributed by atoms with Gasteiger partial charge in [-0.3, -0.25) is 4.90 Å². The highest BCUT2D eigenvalue weighted by atomic mass is 16.5. The first-order valence-corrected chi connectivity index (χ1v) is 12.5. The molecule has 0 radical (unpaired) electrons. The molecule has 2 fully saturated rings. The number of guanidine groups is 1. The summed E-state index contributed by atoms with van der Waals surface area (Å²) in [4.78, 5) is 9.78. The predicted molar refractivity (Wildman–Crippen MR) is 137 cm³/mol. The van der Waals surface area contributed by atoms with Crippen molar-refractivity contribution in [3.05, 3.63) is 65.2 Å². The number of benzene rings is 2. The molecule has 4 rings (SSSR count). The molecule has 178 valence electrons. The van der Waals surface area contributed by atoms with E-state index in [1.54, 1.807) is 0 Å². The molecule has 2 saturated heterocycles.